The number of rotatable bonds is 6. The van der Waals surface area contributed by atoms with Crippen molar-refractivity contribution in [2.45, 2.75) is 25.7 Å². The number of anilines is 3. The van der Waals surface area contributed by atoms with Crippen LogP contribution in [0.1, 0.15) is 27.0 Å². The van der Waals surface area contributed by atoms with E-state index in [0.717, 1.165) is 29.9 Å². The van der Waals surface area contributed by atoms with Gasteiger partial charge in [0, 0.05) is 30.0 Å². The molecule has 7 nitrogen and oxygen atoms in total. The van der Waals surface area contributed by atoms with Gasteiger partial charge in [-0.1, -0.05) is 23.8 Å². The summed E-state index contributed by atoms with van der Waals surface area (Å²) < 4.78 is 34.3. The van der Waals surface area contributed by atoms with Crippen LogP contribution in [0.25, 0.3) is 0 Å². The van der Waals surface area contributed by atoms with Gasteiger partial charge in [0.1, 0.15) is 0 Å². The molecule has 0 atom stereocenters. The van der Waals surface area contributed by atoms with Crippen molar-refractivity contribution in [3.8, 4) is 0 Å². The van der Waals surface area contributed by atoms with Gasteiger partial charge >= 0.3 is 0 Å². The molecule has 1 saturated heterocycles. The standard InChI is InChI=1S/C26H29N3O4S/c1-18-4-11-24(20(3)16-18)28-34(31,32)25-17-21(6-5-19(25)2)26(30)27-22-7-9-23(10-8-22)29-12-14-33-15-13-29/h4-11,16-17,28H,12-15H2,1-3H3,(H,27,30). The summed E-state index contributed by atoms with van der Waals surface area (Å²) in [6, 6.07) is 17.8. The number of sulfonamides is 1. The highest BCUT2D eigenvalue weighted by atomic mass is 32.2. The first-order valence-corrected chi connectivity index (χ1v) is 12.7. The molecule has 2 N–H and O–H groups in total. The van der Waals surface area contributed by atoms with Gasteiger partial charge in [-0.25, -0.2) is 8.42 Å². The largest absolute Gasteiger partial charge is 0.378 e. The zero-order valence-electron chi connectivity index (χ0n) is 19.6. The Hall–Kier alpha value is -3.36. The minimum Gasteiger partial charge on any atom is -0.378 e. The molecule has 0 bridgehead atoms. The Morgan fingerprint density at radius 1 is 0.882 bits per heavy atom. The van der Waals surface area contributed by atoms with E-state index in [4.69, 9.17) is 4.74 Å². The van der Waals surface area contributed by atoms with Gasteiger partial charge in [-0.15, -0.1) is 0 Å². The van der Waals surface area contributed by atoms with Crippen LogP contribution in [-0.2, 0) is 14.8 Å². The summed E-state index contributed by atoms with van der Waals surface area (Å²) >= 11 is 0. The number of amides is 1. The van der Waals surface area contributed by atoms with Crippen molar-refractivity contribution in [1.82, 2.24) is 0 Å². The Kier molecular flexibility index (Phi) is 6.90. The molecule has 0 aromatic heterocycles. The highest BCUT2D eigenvalue weighted by molar-refractivity contribution is 7.92. The fourth-order valence-electron chi connectivity index (χ4n) is 3.94. The van der Waals surface area contributed by atoms with E-state index in [1.54, 1.807) is 25.1 Å². The fourth-order valence-corrected chi connectivity index (χ4v) is 5.34. The van der Waals surface area contributed by atoms with Crippen molar-refractivity contribution in [2.75, 3.05) is 41.2 Å². The molecule has 0 unspecified atom stereocenters. The maximum Gasteiger partial charge on any atom is 0.262 e. The van der Waals surface area contributed by atoms with E-state index in [-0.39, 0.29) is 16.4 Å². The summed E-state index contributed by atoms with van der Waals surface area (Å²) in [5.74, 6) is -0.373. The van der Waals surface area contributed by atoms with Crippen LogP contribution >= 0.6 is 0 Å². The van der Waals surface area contributed by atoms with Crippen molar-refractivity contribution in [3.05, 3.63) is 82.9 Å². The van der Waals surface area contributed by atoms with Crippen molar-refractivity contribution in [3.63, 3.8) is 0 Å². The van der Waals surface area contributed by atoms with Crippen LogP contribution in [0.2, 0.25) is 0 Å². The number of carbonyl (C=O) groups excluding carboxylic acids is 1. The Balaban J connectivity index is 1.51. The number of nitrogens with zero attached hydrogens (tertiary/aromatic N) is 1. The first-order chi connectivity index (χ1) is 16.2. The minimum absolute atomic E-state index is 0.0720. The number of nitrogens with one attached hydrogen (secondary N) is 2. The normalized spacial score (nSPS) is 14.0. The molecule has 1 heterocycles. The lowest BCUT2D eigenvalue weighted by molar-refractivity contribution is 0.102. The van der Waals surface area contributed by atoms with Gasteiger partial charge < -0.3 is 15.0 Å². The number of ether oxygens (including phenoxy) is 1. The van der Waals surface area contributed by atoms with Crippen LogP contribution in [0.4, 0.5) is 17.1 Å². The molecule has 1 fully saturated rings. The third-order valence-corrected chi connectivity index (χ3v) is 7.37. The minimum atomic E-state index is -3.87. The van der Waals surface area contributed by atoms with Crippen LogP contribution in [0, 0.1) is 20.8 Å². The predicted molar refractivity (Wildman–Crippen MR) is 135 cm³/mol. The average molecular weight is 480 g/mol. The maximum absolute atomic E-state index is 13.1. The van der Waals surface area contributed by atoms with Crippen LogP contribution < -0.4 is 14.9 Å². The van der Waals surface area contributed by atoms with Crippen LogP contribution in [0.5, 0.6) is 0 Å². The van der Waals surface area contributed by atoms with Crippen LogP contribution in [0.3, 0.4) is 0 Å². The molecule has 8 heteroatoms. The van der Waals surface area contributed by atoms with Crippen molar-refractivity contribution in [2.24, 2.45) is 0 Å². The number of benzene rings is 3. The summed E-state index contributed by atoms with van der Waals surface area (Å²) in [6.07, 6.45) is 0. The molecule has 0 saturated carbocycles. The van der Waals surface area contributed by atoms with Gasteiger partial charge in [0.15, 0.2) is 0 Å². The summed E-state index contributed by atoms with van der Waals surface area (Å²) in [4.78, 5) is 15.2. The number of hydrogen-bond acceptors (Lipinski definition) is 5. The van der Waals surface area contributed by atoms with Crippen LogP contribution in [-0.4, -0.2) is 40.6 Å². The molecule has 3 aromatic rings. The monoisotopic (exact) mass is 479 g/mol. The van der Waals surface area contributed by atoms with Gasteiger partial charge in [-0.3, -0.25) is 9.52 Å². The van der Waals surface area contributed by atoms with E-state index < -0.39 is 10.0 Å². The third-order valence-electron chi connectivity index (χ3n) is 5.87. The molecular weight excluding hydrogens is 450 g/mol. The molecular formula is C26H29N3O4S. The fraction of sp³-hybridized carbons (Fsp3) is 0.269. The summed E-state index contributed by atoms with van der Waals surface area (Å²) in [5.41, 5.74) is 4.93. The lowest BCUT2D eigenvalue weighted by Gasteiger charge is -2.28. The Morgan fingerprint density at radius 2 is 1.59 bits per heavy atom. The van der Waals surface area contributed by atoms with Gasteiger partial charge in [0.05, 0.1) is 23.8 Å². The van der Waals surface area contributed by atoms with Gasteiger partial charge in [0.2, 0.25) is 0 Å². The second-order valence-electron chi connectivity index (χ2n) is 8.50. The second kappa shape index (κ2) is 9.87. The highest BCUT2D eigenvalue weighted by Gasteiger charge is 2.20. The third kappa shape index (κ3) is 5.40. The Bertz CT molecular complexity index is 1300. The van der Waals surface area contributed by atoms with E-state index in [1.807, 2.05) is 50.2 Å². The highest BCUT2D eigenvalue weighted by Crippen LogP contribution is 2.25. The number of aryl methyl sites for hydroxylation is 3. The van der Waals surface area contributed by atoms with E-state index in [9.17, 15) is 13.2 Å². The summed E-state index contributed by atoms with van der Waals surface area (Å²) in [6.45, 7) is 8.60. The van der Waals surface area contributed by atoms with Crippen molar-refractivity contribution < 1.29 is 17.9 Å². The first-order valence-electron chi connectivity index (χ1n) is 11.2. The van der Waals surface area contributed by atoms with E-state index in [2.05, 4.69) is 14.9 Å². The molecule has 4 rings (SSSR count). The molecule has 1 aliphatic heterocycles. The topological polar surface area (TPSA) is 87.7 Å². The number of carbonyl (C=O) groups is 1. The van der Waals surface area contributed by atoms with Crippen molar-refractivity contribution >= 4 is 33.0 Å². The van der Waals surface area contributed by atoms with E-state index in [1.165, 1.54) is 6.07 Å². The smallest absolute Gasteiger partial charge is 0.262 e. The number of morpholine rings is 1. The maximum atomic E-state index is 13.1. The Morgan fingerprint density at radius 3 is 2.26 bits per heavy atom. The van der Waals surface area contributed by atoms with Gasteiger partial charge in [0.25, 0.3) is 15.9 Å². The van der Waals surface area contributed by atoms with E-state index >= 15 is 0 Å². The summed E-state index contributed by atoms with van der Waals surface area (Å²) in [5, 5.41) is 2.85. The van der Waals surface area contributed by atoms with E-state index in [0.29, 0.717) is 30.2 Å². The molecule has 1 aliphatic rings. The second-order valence-corrected chi connectivity index (χ2v) is 10.2. The quantitative estimate of drug-likeness (QED) is 0.544. The zero-order chi connectivity index (χ0) is 24.3. The molecule has 34 heavy (non-hydrogen) atoms. The first kappa shape index (κ1) is 23.8. The predicted octanol–water partition coefficient (Wildman–Crippen LogP) is 4.50. The van der Waals surface area contributed by atoms with Crippen molar-refractivity contribution in [1.29, 1.82) is 0 Å². The average Bonchev–Trinajstić information content (AvgIpc) is 2.82. The molecule has 178 valence electrons. The zero-order valence-corrected chi connectivity index (χ0v) is 20.4. The summed E-state index contributed by atoms with van der Waals surface area (Å²) in [7, 11) is -3.87. The molecule has 0 radical (unpaired) electrons. The molecule has 3 aromatic carbocycles. The lowest BCUT2D eigenvalue weighted by Crippen LogP contribution is -2.36. The molecule has 1 amide bonds. The molecule has 0 aliphatic carbocycles. The number of hydrogen-bond donors (Lipinski definition) is 2. The van der Waals surface area contributed by atoms with Gasteiger partial charge in [-0.2, -0.15) is 0 Å². The molecule has 0 spiro atoms. The lowest BCUT2D eigenvalue weighted by atomic mass is 10.1. The SMILES string of the molecule is Cc1ccc(NS(=O)(=O)c2cc(C(=O)Nc3ccc(N4CCOCC4)cc3)ccc2C)c(C)c1. The Labute approximate surface area is 200 Å². The van der Waals surface area contributed by atoms with Crippen LogP contribution in [0.15, 0.2) is 65.6 Å². The van der Waals surface area contributed by atoms with Gasteiger partial charge in [-0.05, 0) is 74.4 Å².